The van der Waals surface area contributed by atoms with Gasteiger partial charge in [-0.3, -0.25) is 9.59 Å². The number of amides is 2. The Kier molecular flexibility index (Phi) is 5.36. The minimum Gasteiger partial charge on any atom is -0.375 e. The van der Waals surface area contributed by atoms with Crippen molar-refractivity contribution < 1.29 is 14.3 Å². The predicted octanol–water partition coefficient (Wildman–Crippen LogP) is 1.95. The van der Waals surface area contributed by atoms with E-state index in [0.717, 1.165) is 4.88 Å². The van der Waals surface area contributed by atoms with Crippen LogP contribution in [0.1, 0.15) is 38.1 Å². The van der Waals surface area contributed by atoms with Crippen molar-refractivity contribution in [2.75, 3.05) is 13.2 Å². The van der Waals surface area contributed by atoms with Crippen LogP contribution in [0.3, 0.4) is 0 Å². The lowest BCUT2D eigenvalue weighted by molar-refractivity contribution is -0.143. The molecular formula is C15H22N2O3S. The molecule has 3 unspecified atom stereocenters. The van der Waals surface area contributed by atoms with E-state index >= 15 is 0 Å². The highest BCUT2D eigenvalue weighted by molar-refractivity contribution is 7.10. The third kappa shape index (κ3) is 4.28. The van der Waals surface area contributed by atoms with E-state index in [4.69, 9.17) is 4.74 Å². The van der Waals surface area contributed by atoms with E-state index in [1.807, 2.05) is 36.3 Å². The average Bonchev–Trinajstić information content (AvgIpc) is 2.94. The van der Waals surface area contributed by atoms with Crippen LogP contribution in [0.15, 0.2) is 17.5 Å². The van der Waals surface area contributed by atoms with Gasteiger partial charge in [0, 0.05) is 18.3 Å². The molecule has 1 aliphatic rings. The van der Waals surface area contributed by atoms with Gasteiger partial charge in [0.2, 0.25) is 11.8 Å². The molecule has 1 aromatic rings. The smallest absolute Gasteiger partial charge is 0.225 e. The van der Waals surface area contributed by atoms with Gasteiger partial charge in [-0.05, 0) is 25.3 Å². The summed E-state index contributed by atoms with van der Waals surface area (Å²) in [6.07, 6.45) is 0.350. The first-order valence-electron chi connectivity index (χ1n) is 7.19. The highest BCUT2D eigenvalue weighted by atomic mass is 32.1. The molecule has 3 atom stereocenters. The topological polar surface area (TPSA) is 58.6 Å². The second kappa shape index (κ2) is 7.04. The summed E-state index contributed by atoms with van der Waals surface area (Å²) in [4.78, 5) is 26.8. The fourth-order valence-electron chi connectivity index (χ4n) is 2.50. The zero-order valence-electron chi connectivity index (χ0n) is 12.7. The van der Waals surface area contributed by atoms with Crippen molar-refractivity contribution >= 4 is 23.2 Å². The monoisotopic (exact) mass is 310 g/mol. The number of morpholine rings is 1. The summed E-state index contributed by atoms with van der Waals surface area (Å²) >= 11 is 1.55. The number of nitrogens with one attached hydrogen (secondary N) is 1. The van der Waals surface area contributed by atoms with Gasteiger partial charge in [0.05, 0.1) is 31.2 Å². The number of nitrogens with zero attached hydrogens (tertiary/aromatic N) is 1. The Morgan fingerprint density at radius 3 is 2.90 bits per heavy atom. The summed E-state index contributed by atoms with van der Waals surface area (Å²) in [6.45, 7) is 6.61. The molecule has 0 radical (unpaired) electrons. The summed E-state index contributed by atoms with van der Waals surface area (Å²) in [5.74, 6) is -0.0607. The lowest BCUT2D eigenvalue weighted by atomic mass is 10.1. The van der Waals surface area contributed by atoms with E-state index in [-0.39, 0.29) is 36.4 Å². The molecule has 0 saturated carbocycles. The van der Waals surface area contributed by atoms with Crippen LogP contribution in [-0.2, 0) is 14.3 Å². The Bertz CT molecular complexity index is 489. The molecule has 21 heavy (non-hydrogen) atoms. The number of carbonyl (C=O) groups is 2. The first-order valence-corrected chi connectivity index (χ1v) is 8.07. The van der Waals surface area contributed by atoms with Gasteiger partial charge in [0.25, 0.3) is 0 Å². The molecule has 1 aromatic heterocycles. The van der Waals surface area contributed by atoms with Crippen molar-refractivity contribution in [2.24, 2.45) is 0 Å². The van der Waals surface area contributed by atoms with Crippen molar-refractivity contribution in [3.8, 4) is 0 Å². The van der Waals surface area contributed by atoms with Crippen molar-refractivity contribution in [2.45, 2.75) is 45.4 Å². The van der Waals surface area contributed by atoms with Crippen molar-refractivity contribution in [3.63, 3.8) is 0 Å². The normalized spacial score (nSPS) is 23.7. The number of carbonyl (C=O) groups excluding carboxylic acids is 2. The summed E-state index contributed by atoms with van der Waals surface area (Å²) in [5.41, 5.74) is 0. The Balaban J connectivity index is 2.05. The van der Waals surface area contributed by atoms with E-state index in [2.05, 4.69) is 5.32 Å². The zero-order chi connectivity index (χ0) is 15.4. The second-order valence-electron chi connectivity index (χ2n) is 5.51. The maximum Gasteiger partial charge on any atom is 0.225 e. The molecule has 116 valence electrons. The molecule has 2 heterocycles. The number of ether oxygens (including phenoxy) is 1. The summed E-state index contributed by atoms with van der Waals surface area (Å²) < 4.78 is 5.55. The molecule has 0 aromatic carbocycles. The highest BCUT2D eigenvalue weighted by Crippen LogP contribution is 2.24. The van der Waals surface area contributed by atoms with Crippen LogP contribution in [-0.4, -0.2) is 42.0 Å². The quantitative estimate of drug-likeness (QED) is 0.925. The predicted molar refractivity (Wildman–Crippen MR) is 82.1 cm³/mol. The van der Waals surface area contributed by atoms with E-state index in [1.165, 1.54) is 6.92 Å². The molecule has 1 N–H and O–H groups in total. The molecule has 2 amide bonds. The van der Waals surface area contributed by atoms with Gasteiger partial charge in [-0.2, -0.15) is 0 Å². The van der Waals surface area contributed by atoms with Crippen LogP contribution < -0.4 is 5.32 Å². The fraction of sp³-hybridized carbons (Fsp3) is 0.600. The van der Waals surface area contributed by atoms with Crippen LogP contribution in [0.2, 0.25) is 0 Å². The lowest BCUT2D eigenvalue weighted by Gasteiger charge is -2.37. The van der Waals surface area contributed by atoms with Gasteiger partial charge in [-0.1, -0.05) is 6.07 Å². The molecule has 6 heteroatoms. The Hall–Kier alpha value is -1.40. The Morgan fingerprint density at radius 2 is 2.29 bits per heavy atom. The number of thiophene rings is 1. The van der Waals surface area contributed by atoms with Crippen LogP contribution in [0.4, 0.5) is 0 Å². The second-order valence-corrected chi connectivity index (χ2v) is 6.49. The minimum atomic E-state index is -0.250. The van der Waals surface area contributed by atoms with Crippen molar-refractivity contribution in [1.82, 2.24) is 10.2 Å². The number of rotatable bonds is 4. The molecule has 0 bridgehead atoms. The average molecular weight is 310 g/mol. The van der Waals surface area contributed by atoms with Gasteiger partial charge in [0.15, 0.2) is 0 Å². The van der Waals surface area contributed by atoms with Crippen LogP contribution in [0, 0.1) is 0 Å². The van der Waals surface area contributed by atoms with Crippen LogP contribution in [0.5, 0.6) is 0 Å². The third-order valence-electron chi connectivity index (χ3n) is 3.57. The summed E-state index contributed by atoms with van der Waals surface area (Å²) in [7, 11) is 0. The molecule has 1 aliphatic heterocycles. The lowest BCUT2D eigenvalue weighted by Crippen LogP contribution is -2.50. The SMILES string of the molecule is CC(=O)NC(CC(=O)N1CC(C)OCC1C)c1cccs1. The van der Waals surface area contributed by atoms with Crippen LogP contribution >= 0.6 is 11.3 Å². The van der Waals surface area contributed by atoms with Gasteiger partial charge in [0.1, 0.15) is 0 Å². The summed E-state index contributed by atoms with van der Waals surface area (Å²) in [5, 5.41) is 4.82. The molecule has 5 nitrogen and oxygen atoms in total. The van der Waals surface area contributed by atoms with E-state index in [1.54, 1.807) is 11.3 Å². The first-order chi connectivity index (χ1) is 9.97. The van der Waals surface area contributed by atoms with Gasteiger partial charge >= 0.3 is 0 Å². The van der Waals surface area contributed by atoms with Gasteiger partial charge < -0.3 is 15.0 Å². The molecule has 0 spiro atoms. The maximum absolute atomic E-state index is 12.6. The van der Waals surface area contributed by atoms with Crippen LogP contribution in [0.25, 0.3) is 0 Å². The Morgan fingerprint density at radius 1 is 1.52 bits per heavy atom. The first kappa shape index (κ1) is 16.0. The largest absolute Gasteiger partial charge is 0.375 e. The van der Waals surface area contributed by atoms with Crippen molar-refractivity contribution in [3.05, 3.63) is 22.4 Å². The highest BCUT2D eigenvalue weighted by Gasteiger charge is 2.29. The van der Waals surface area contributed by atoms with Crippen molar-refractivity contribution in [1.29, 1.82) is 0 Å². The number of hydrogen-bond acceptors (Lipinski definition) is 4. The number of hydrogen-bond donors (Lipinski definition) is 1. The van der Waals surface area contributed by atoms with Gasteiger partial charge in [-0.15, -0.1) is 11.3 Å². The molecule has 1 fully saturated rings. The molecule has 0 aliphatic carbocycles. The zero-order valence-corrected chi connectivity index (χ0v) is 13.5. The van der Waals surface area contributed by atoms with Gasteiger partial charge in [-0.25, -0.2) is 0 Å². The Labute approximate surface area is 129 Å². The standard InChI is InChI=1S/C15H22N2O3S/c1-10-9-20-11(2)8-17(10)15(19)7-13(16-12(3)18)14-5-4-6-21-14/h4-6,10-11,13H,7-9H2,1-3H3,(H,16,18). The minimum absolute atomic E-state index is 0.0600. The molecular weight excluding hydrogens is 288 g/mol. The molecule has 1 saturated heterocycles. The molecule has 2 rings (SSSR count). The van der Waals surface area contributed by atoms with E-state index in [9.17, 15) is 9.59 Å². The fourth-order valence-corrected chi connectivity index (χ4v) is 3.28. The maximum atomic E-state index is 12.6. The third-order valence-corrected chi connectivity index (χ3v) is 4.56. The van der Waals surface area contributed by atoms with E-state index in [0.29, 0.717) is 13.2 Å². The summed E-state index contributed by atoms with van der Waals surface area (Å²) in [6, 6.07) is 3.71. The van der Waals surface area contributed by atoms with E-state index < -0.39 is 0 Å².